The van der Waals surface area contributed by atoms with Gasteiger partial charge in [-0.15, -0.1) is 0 Å². The minimum absolute atomic E-state index is 0.0602. The number of benzene rings is 1. The molecule has 1 aromatic rings. The largest absolute Gasteiger partial charge is 0.325 e. The number of carbonyl (C=O) groups excluding carboxylic acids is 1. The monoisotopic (exact) mass is 284 g/mol. The van der Waals surface area contributed by atoms with Gasteiger partial charge >= 0.3 is 6.03 Å². The van der Waals surface area contributed by atoms with Crippen LogP contribution in [0.15, 0.2) is 42.6 Å². The summed E-state index contributed by atoms with van der Waals surface area (Å²) in [5.41, 5.74) is 1.41. The van der Waals surface area contributed by atoms with Crippen molar-refractivity contribution in [2.75, 3.05) is 13.1 Å². The molecule has 2 aliphatic rings. The molecule has 1 aliphatic carbocycles. The Bertz CT molecular complexity index is 485. The molecule has 2 fully saturated rings. The first-order valence-corrected chi connectivity index (χ1v) is 8.07. The van der Waals surface area contributed by atoms with Gasteiger partial charge in [0.25, 0.3) is 0 Å². The Morgan fingerprint density at radius 1 is 1.14 bits per heavy atom. The Morgan fingerprint density at radius 3 is 2.52 bits per heavy atom. The van der Waals surface area contributed by atoms with Crippen molar-refractivity contribution < 1.29 is 4.79 Å². The average molecular weight is 284 g/mol. The van der Waals surface area contributed by atoms with E-state index in [1.807, 2.05) is 11.1 Å². The number of likely N-dealkylation sites (tertiary alicyclic amines) is 1. The van der Waals surface area contributed by atoms with Gasteiger partial charge in [-0.1, -0.05) is 36.4 Å². The molecule has 21 heavy (non-hydrogen) atoms. The summed E-state index contributed by atoms with van der Waals surface area (Å²) in [4.78, 5) is 14.0. The number of urea groups is 1. The molecule has 0 spiro atoms. The molecule has 0 bridgehead atoms. The van der Waals surface area contributed by atoms with Crippen molar-refractivity contribution in [2.45, 2.75) is 32.1 Å². The summed E-state index contributed by atoms with van der Waals surface area (Å²) in [6.45, 7) is 1.75. The van der Waals surface area contributed by atoms with Crippen LogP contribution >= 0.6 is 0 Å². The van der Waals surface area contributed by atoms with E-state index in [9.17, 15) is 4.79 Å². The minimum atomic E-state index is 0.0602. The van der Waals surface area contributed by atoms with Gasteiger partial charge in [0.05, 0.1) is 0 Å². The summed E-state index contributed by atoms with van der Waals surface area (Å²) in [5.74, 6) is 1.42. The average Bonchev–Trinajstić information content (AvgIpc) is 3.33. The summed E-state index contributed by atoms with van der Waals surface area (Å²) in [7, 11) is 0. The quantitative estimate of drug-likeness (QED) is 0.900. The van der Waals surface area contributed by atoms with Crippen LogP contribution in [0.1, 0.15) is 31.2 Å². The molecule has 3 heteroatoms. The standard InChI is InChI=1S/C18H24N2O/c21-18(19-11-8-15-6-7-15)20-12-9-17(10-13-20)14-16-4-2-1-3-5-16/h1-5,8,11,15,17H,6-7,9-10,12-14H2,(H,19,21)/b11-8+. The molecule has 112 valence electrons. The first-order chi connectivity index (χ1) is 10.3. The maximum absolute atomic E-state index is 12.0. The molecule has 0 unspecified atom stereocenters. The number of nitrogens with one attached hydrogen (secondary N) is 1. The van der Waals surface area contributed by atoms with Crippen LogP contribution in [-0.2, 0) is 6.42 Å². The topological polar surface area (TPSA) is 32.3 Å². The molecule has 1 heterocycles. The lowest BCUT2D eigenvalue weighted by molar-refractivity contribution is 0.173. The van der Waals surface area contributed by atoms with Crippen LogP contribution in [0.5, 0.6) is 0 Å². The fraction of sp³-hybridized carbons (Fsp3) is 0.500. The van der Waals surface area contributed by atoms with Gasteiger partial charge in [-0.2, -0.15) is 0 Å². The second kappa shape index (κ2) is 6.79. The van der Waals surface area contributed by atoms with E-state index in [0.717, 1.165) is 32.4 Å². The van der Waals surface area contributed by atoms with E-state index >= 15 is 0 Å². The lowest BCUT2D eigenvalue weighted by atomic mass is 9.90. The maximum Gasteiger partial charge on any atom is 0.321 e. The maximum atomic E-state index is 12.0. The van der Waals surface area contributed by atoms with E-state index in [1.165, 1.54) is 18.4 Å². The molecule has 1 saturated heterocycles. The van der Waals surface area contributed by atoms with Gasteiger partial charge in [0, 0.05) is 19.3 Å². The van der Waals surface area contributed by atoms with Crippen molar-refractivity contribution >= 4 is 6.03 Å². The molecule has 0 radical (unpaired) electrons. The Balaban J connectivity index is 1.40. The SMILES string of the molecule is O=C(N/C=C/C1CC1)N1CCC(Cc2ccccc2)CC1. The highest BCUT2D eigenvalue weighted by atomic mass is 16.2. The molecule has 0 aromatic heterocycles. The molecule has 3 rings (SSSR count). The molecule has 1 aromatic carbocycles. The van der Waals surface area contributed by atoms with Crippen LogP contribution in [0.3, 0.4) is 0 Å². The smallest absolute Gasteiger partial charge is 0.321 e. The van der Waals surface area contributed by atoms with E-state index in [4.69, 9.17) is 0 Å². The molecule has 3 nitrogen and oxygen atoms in total. The van der Waals surface area contributed by atoms with Crippen LogP contribution in [-0.4, -0.2) is 24.0 Å². The minimum Gasteiger partial charge on any atom is -0.325 e. The van der Waals surface area contributed by atoms with Gasteiger partial charge in [0.15, 0.2) is 0 Å². The van der Waals surface area contributed by atoms with E-state index < -0.39 is 0 Å². The summed E-state index contributed by atoms with van der Waals surface area (Å²) in [6, 6.07) is 10.7. The second-order valence-electron chi connectivity index (χ2n) is 6.27. The normalized spacial score (nSPS) is 19.9. The van der Waals surface area contributed by atoms with Crippen molar-refractivity contribution in [1.29, 1.82) is 0 Å². The molecular formula is C18H24N2O. The number of rotatable bonds is 4. The Kier molecular flexibility index (Phi) is 4.59. The van der Waals surface area contributed by atoms with E-state index in [2.05, 4.69) is 41.7 Å². The number of amides is 2. The highest BCUT2D eigenvalue weighted by molar-refractivity contribution is 5.75. The highest BCUT2D eigenvalue weighted by Gasteiger charge is 2.22. The zero-order valence-corrected chi connectivity index (χ0v) is 12.5. The summed E-state index contributed by atoms with van der Waals surface area (Å²) < 4.78 is 0. The lowest BCUT2D eigenvalue weighted by Gasteiger charge is -2.31. The Hall–Kier alpha value is -1.77. The Morgan fingerprint density at radius 2 is 1.86 bits per heavy atom. The van der Waals surface area contributed by atoms with Gasteiger partial charge in [0.1, 0.15) is 0 Å². The number of hydrogen-bond donors (Lipinski definition) is 1. The number of carbonyl (C=O) groups is 1. The highest BCUT2D eigenvalue weighted by Crippen LogP contribution is 2.29. The molecule has 1 aliphatic heterocycles. The predicted molar refractivity (Wildman–Crippen MR) is 84.8 cm³/mol. The van der Waals surface area contributed by atoms with Gasteiger partial charge in [-0.05, 0) is 49.5 Å². The van der Waals surface area contributed by atoms with Gasteiger partial charge in [-0.3, -0.25) is 0 Å². The summed E-state index contributed by atoms with van der Waals surface area (Å²) >= 11 is 0. The van der Waals surface area contributed by atoms with Crippen molar-refractivity contribution in [3.63, 3.8) is 0 Å². The van der Waals surface area contributed by atoms with Gasteiger partial charge < -0.3 is 10.2 Å². The van der Waals surface area contributed by atoms with E-state index in [0.29, 0.717) is 11.8 Å². The van der Waals surface area contributed by atoms with Crippen molar-refractivity contribution in [3.8, 4) is 0 Å². The van der Waals surface area contributed by atoms with E-state index in [-0.39, 0.29) is 6.03 Å². The molecule has 0 atom stereocenters. The van der Waals surface area contributed by atoms with Crippen LogP contribution < -0.4 is 5.32 Å². The number of nitrogens with zero attached hydrogens (tertiary/aromatic N) is 1. The van der Waals surface area contributed by atoms with Crippen LogP contribution in [0.4, 0.5) is 4.79 Å². The van der Waals surface area contributed by atoms with Crippen molar-refractivity contribution in [1.82, 2.24) is 10.2 Å². The zero-order chi connectivity index (χ0) is 14.5. The third kappa shape index (κ3) is 4.35. The number of allylic oxidation sites excluding steroid dienone is 1. The summed E-state index contributed by atoms with van der Waals surface area (Å²) in [6.07, 6.45) is 9.84. The first kappa shape index (κ1) is 14.2. The predicted octanol–water partition coefficient (Wildman–Crippen LogP) is 3.57. The fourth-order valence-corrected chi connectivity index (χ4v) is 2.92. The van der Waals surface area contributed by atoms with Gasteiger partial charge in [0.2, 0.25) is 0 Å². The summed E-state index contributed by atoms with van der Waals surface area (Å²) in [5, 5.41) is 2.89. The second-order valence-corrected chi connectivity index (χ2v) is 6.27. The third-order valence-corrected chi connectivity index (χ3v) is 4.47. The fourth-order valence-electron chi connectivity index (χ4n) is 2.92. The van der Waals surface area contributed by atoms with E-state index in [1.54, 1.807) is 0 Å². The third-order valence-electron chi connectivity index (χ3n) is 4.47. The van der Waals surface area contributed by atoms with Crippen molar-refractivity contribution in [2.24, 2.45) is 11.8 Å². The van der Waals surface area contributed by atoms with Crippen LogP contribution in [0.2, 0.25) is 0 Å². The number of piperidine rings is 1. The van der Waals surface area contributed by atoms with Crippen LogP contribution in [0.25, 0.3) is 0 Å². The molecule has 2 amide bonds. The van der Waals surface area contributed by atoms with Crippen molar-refractivity contribution in [3.05, 3.63) is 48.2 Å². The number of hydrogen-bond acceptors (Lipinski definition) is 1. The molecular weight excluding hydrogens is 260 g/mol. The lowest BCUT2D eigenvalue weighted by Crippen LogP contribution is -2.43. The zero-order valence-electron chi connectivity index (χ0n) is 12.5. The Labute approximate surface area is 127 Å². The molecule has 1 N–H and O–H groups in total. The van der Waals surface area contributed by atoms with Crippen LogP contribution in [0, 0.1) is 11.8 Å². The van der Waals surface area contributed by atoms with Gasteiger partial charge in [-0.25, -0.2) is 4.79 Å². The first-order valence-electron chi connectivity index (χ1n) is 8.07. The molecule has 1 saturated carbocycles.